The maximum absolute atomic E-state index is 12.6. The number of unbranched alkanes of at least 4 members (excludes halogenated alkanes) is 8. The number of methoxy groups -OCH3 is 1. The summed E-state index contributed by atoms with van der Waals surface area (Å²) in [5.74, 6) is 0.181. The largest absolute Gasteiger partial charge is 0.494 e. The Labute approximate surface area is 244 Å². The van der Waals surface area contributed by atoms with Crippen LogP contribution in [0.5, 0.6) is 17.2 Å². The zero-order chi connectivity index (χ0) is 29.7. The molecule has 9 nitrogen and oxygen atoms in total. The van der Waals surface area contributed by atoms with Crippen molar-refractivity contribution in [3.05, 3.63) is 53.6 Å². The summed E-state index contributed by atoms with van der Waals surface area (Å²) >= 11 is 0. The van der Waals surface area contributed by atoms with Crippen molar-refractivity contribution in [2.24, 2.45) is 5.10 Å². The molecular weight excluding hydrogens is 522 g/mol. The Hall–Kier alpha value is -3.88. The van der Waals surface area contributed by atoms with Crippen LogP contribution in [0.15, 0.2) is 47.6 Å². The minimum absolute atomic E-state index is 0.136. The molecule has 0 atom stereocenters. The number of ether oxygens (including phenoxy) is 3. The molecule has 0 saturated carbocycles. The fourth-order valence-electron chi connectivity index (χ4n) is 4.00. The highest BCUT2D eigenvalue weighted by Gasteiger charge is 2.13. The maximum Gasteiger partial charge on any atom is 0.343 e. The van der Waals surface area contributed by atoms with Crippen LogP contribution in [0, 0.1) is 0 Å². The molecule has 0 aliphatic heterocycles. The van der Waals surface area contributed by atoms with Crippen molar-refractivity contribution in [1.29, 1.82) is 0 Å². The lowest BCUT2D eigenvalue weighted by Gasteiger charge is -2.10. The Morgan fingerprint density at radius 1 is 0.805 bits per heavy atom. The predicted molar refractivity (Wildman–Crippen MR) is 161 cm³/mol. The summed E-state index contributed by atoms with van der Waals surface area (Å²) in [4.78, 5) is 36.6. The van der Waals surface area contributed by atoms with Gasteiger partial charge in [0.05, 0.1) is 32.0 Å². The summed E-state index contributed by atoms with van der Waals surface area (Å²) in [6.07, 6.45) is 13.4. The van der Waals surface area contributed by atoms with Crippen LogP contribution >= 0.6 is 0 Å². The molecule has 9 heteroatoms. The molecule has 0 aliphatic rings. The molecule has 2 amide bonds. The Balaban J connectivity index is 1.70. The molecule has 0 radical (unpaired) electrons. The molecule has 41 heavy (non-hydrogen) atoms. The maximum atomic E-state index is 12.6. The number of hydrogen-bond donors (Lipinski definition) is 2. The van der Waals surface area contributed by atoms with E-state index in [0.29, 0.717) is 35.7 Å². The van der Waals surface area contributed by atoms with Crippen LogP contribution in [0.3, 0.4) is 0 Å². The summed E-state index contributed by atoms with van der Waals surface area (Å²) in [5, 5.41) is 6.56. The van der Waals surface area contributed by atoms with Gasteiger partial charge in [-0.3, -0.25) is 9.59 Å². The first-order valence-electron chi connectivity index (χ1n) is 14.7. The van der Waals surface area contributed by atoms with E-state index in [-0.39, 0.29) is 18.2 Å². The first kappa shape index (κ1) is 33.3. The van der Waals surface area contributed by atoms with Gasteiger partial charge in [-0.25, -0.2) is 10.2 Å². The van der Waals surface area contributed by atoms with Gasteiger partial charge in [0.25, 0.3) is 5.91 Å². The number of esters is 1. The summed E-state index contributed by atoms with van der Waals surface area (Å²) < 4.78 is 16.4. The van der Waals surface area contributed by atoms with Gasteiger partial charge < -0.3 is 19.5 Å². The summed E-state index contributed by atoms with van der Waals surface area (Å²) in [6, 6.07) is 11.6. The van der Waals surface area contributed by atoms with E-state index in [0.717, 1.165) is 25.7 Å². The molecule has 2 aromatic carbocycles. The number of amides is 2. The molecule has 2 rings (SSSR count). The highest BCUT2D eigenvalue weighted by Crippen LogP contribution is 2.28. The summed E-state index contributed by atoms with van der Waals surface area (Å²) in [5.41, 5.74) is 3.39. The van der Waals surface area contributed by atoms with Crippen LogP contribution in [0.2, 0.25) is 0 Å². The van der Waals surface area contributed by atoms with E-state index in [1.165, 1.54) is 51.8 Å². The topological polar surface area (TPSA) is 115 Å². The van der Waals surface area contributed by atoms with Crippen molar-refractivity contribution in [1.82, 2.24) is 10.7 Å². The van der Waals surface area contributed by atoms with Crippen molar-refractivity contribution in [2.75, 3.05) is 20.3 Å². The first-order valence-corrected chi connectivity index (χ1v) is 14.7. The molecule has 0 fully saturated rings. The monoisotopic (exact) mass is 567 g/mol. The standard InChI is InChI=1S/C32H45N3O6/c1-4-6-7-8-9-10-11-12-13-14-30(36)33-24-31(37)35-34-23-25-15-20-28(29(22-25)39-3)41-32(38)26-16-18-27(19-17-26)40-21-5-2/h15-20,22-23H,4-14,21,24H2,1-3H3,(H,33,36)(H,35,37). The highest BCUT2D eigenvalue weighted by molar-refractivity contribution is 5.92. The zero-order valence-corrected chi connectivity index (χ0v) is 24.7. The normalized spacial score (nSPS) is 10.8. The Morgan fingerprint density at radius 2 is 1.49 bits per heavy atom. The van der Waals surface area contributed by atoms with Crippen LogP contribution < -0.4 is 25.0 Å². The zero-order valence-electron chi connectivity index (χ0n) is 24.7. The van der Waals surface area contributed by atoms with Gasteiger partial charge in [-0.15, -0.1) is 0 Å². The van der Waals surface area contributed by atoms with Gasteiger partial charge in [0.2, 0.25) is 5.91 Å². The Morgan fingerprint density at radius 3 is 2.15 bits per heavy atom. The SMILES string of the molecule is CCCCCCCCCCCC(=O)NCC(=O)NN=Cc1ccc(OC(=O)c2ccc(OCCC)cc2)c(OC)c1. The van der Waals surface area contributed by atoms with Gasteiger partial charge in [-0.2, -0.15) is 5.10 Å². The highest BCUT2D eigenvalue weighted by atomic mass is 16.6. The van der Waals surface area contributed by atoms with Crippen molar-refractivity contribution >= 4 is 24.0 Å². The molecular formula is C32H45N3O6. The van der Waals surface area contributed by atoms with Crippen LogP contribution in [-0.4, -0.2) is 44.3 Å². The second-order valence-electron chi connectivity index (χ2n) is 9.82. The van der Waals surface area contributed by atoms with E-state index < -0.39 is 11.9 Å². The Kier molecular flexibility index (Phi) is 16.3. The molecule has 0 heterocycles. The number of carbonyl (C=O) groups is 3. The molecule has 0 aliphatic carbocycles. The van der Waals surface area contributed by atoms with Crippen LogP contribution in [0.25, 0.3) is 0 Å². The van der Waals surface area contributed by atoms with E-state index in [1.54, 1.807) is 42.5 Å². The minimum atomic E-state index is -0.529. The molecule has 0 spiro atoms. The van der Waals surface area contributed by atoms with Gasteiger partial charge in [0.1, 0.15) is 5.75 Å². The minimum Gasteiger partial charge on any atom is -0.494 e. The number of hydrazone groups is 1. The average Bonchev–Trinajstić information content (AvgIpc) is 2.99. The van der Waals surface area contributed by atoms with Crippen molar-refractivity contribution < 1.29 is 28.6 Å². The van der Waals surface area contributed by atoms with E-state index in [9.17, 15) is 14.4 Å². The van der Waals surface area contributed by atoms with E-state index in [4.69, 9.17) is 14.2 Å². The molecule has 224 valence electrons. The number of nitrogens with one attached hydrogen (secondary N) is 2. The summed E-state index contributed by atoms with van der Waals surface area (Å²) in [6.45, 7) is 4.71. The summed E-state index contributed by atoms with van der Waals surface area (Å²) in [7, 11) is 1.46. The van der Waals surface area contributed by atoms with Gasteiger partial charge in [0, 0.05) is 6.42 Å². The van der Waals surface area contributed by atoms with E-state index in [1.807, 2.05) is 6.92 Å². The fourth-order valence-corrected chi connectivity index (χ4v) is 4.00. The quantitative estimate of drug-likeness (QED) is 0.0648. The van der Waals surface area contributed by atoms with Crippen LogP contribution in [0.1, 0.15) is 100 Å². The van der Waals surface area contributed by atoms with E-state index >= 15 is 0 Å². The van der Waals surface area contributed by atoms with Gasteiger partial charge in [0.15, 0.2) is 11.5 Å². The Bertz CT molecular complexity index is 1100. The van der Waals surface area contributed by atoms with Crippen LogP contribution in [0.4, 0.5) is 0 Å². The van der Waals surface area contributed by atoms with Gasteiger partial charge >= 0.3 is 5.97 Å². The number of benzene rings is 2. The smallest absolute Gasteiger partial charge is 0.343 e. The molecule has 0 unspecified atom stereocenters. The second-order valence-corrected chi connectivity index (χ2v) is 9.82. The molecule has 2 aromatic rings. The average molecular weight is 568 g/mol. The third kappa shape index (κ3) is 13.8. The number of hydrogen-bond acceptors (Lipinski definition) is 7. The number of rotatable bonds is 20. The number of nitrogens with zero attached hydrogens (tertiary/aromatic N) is 1. The fraction of sp³-hybridized carbons (Fsp3) is 0.500. The van der Waals surface area contributed by atoms with E-state index in [2.05, 4.69) is 22.8 Å². The lowest BCUT2D eigenvalue weighted by molar-refractivity contribution is -0.126. The molecule has 0 bridgehead atoms. The van der Waals surface area contributed by atoms with Crippen molar-refractivity contribution in [3.63, 3.8) is 0 Å². The molecule has 0 aromatic heterocycles. The predicted octanol–water partition coefficient (Wildman–Crippen LogP) is 6.19. The first-order chi connectivity index (χ1) is 20.0. The van der Waals surface area contributed by atoms with Gasteiger partial charge in [-0.1, -0.05) is 65.2 Å². The van der Waals surface area contributed by atoms with Gasteiger partial charge in [-0.05, 0) is 60.9 Å². The second kappa shape index (κ2) is 20.1. The lowest BCUT2D eigenvalue weighted by Crippen LogP contribution is -2.34. The number of carbonyl (C=O) groups excluding carboxylic acids is 3. The molecule has 0 saturated heterocycles. The lowest BCUT2D eigenvalue weighted by atomic mass is 10.1. The van der Waals surface area contributed by atoms with Crippen LogP contribution in [-0.2, 0) is 9.59 Å². The van der Waals surface area contributed by atoms with Crippen molar-refractivity contribution in [3.8, 4) is 17.2 Å². The molecule has 2 N–H and O–H groups in total. The van der Waals surface area contributed by atoms with Crippen molar-refractivity contribution in [2.45, 2.75) is 84.5 Å². The third-order valence-corrected chi connectivity index (χ3v) is 6.31. The third-order valence-electron chi connectivity index (χ3n) is 6.31.